The lowest BCUT2D eigenvalue weighted by atomic mass is 10.4. The number of aromatic nitrogens is 1. The van der Waals surface area contributed by atoms with Crippen molar-refractivity contribution in [2.24, 2.45) is 0 Å². The van der Waals surface area contributed by atoms with E-state index in [1.807, 2.05) is 0 Å². The standard InChI is InChI=1S/C10H7BrCl2N2O2S2/c1-5-2-8(18-10(5)13)19(16,17)15-6-3-7(11)9(12)14-4-6/h2-4,15H,1H3. The van der Waals surface area contributed by atoms with E-state index < -0.39 is 10.0 Å². The van der Waals surface area contributed by atoms with Gasteiger partial charge in [-0.2, -0.15) is 0 Å². The average molecular weight is 402 g/mol. The van der Waals surface area contributed by atoms with Crippen LogP contribution < -0.4 is 4.72 Å². The minimum atomic E-state index is -3.66. The van der Waals surface area contributed by atoms with Crippen molar-refractivity contribution >= 4 is 66.2 Å². The van der Waals surface area contributed by atoms with Gasteiger partial charge in [0.25, 0.3) is 10.0 Å². The van der Waals surface area contributed by atoms with Crippen LogP contribution in [-0.4, -0.2) is 13.4 Å². The van der Waals surface area contributed by atoms with Crippen LogP contribution in [0.15, 0.2) is 27.0 Å². The lowest BCUT2D eigenvalue weighted by Gasteiger charge is -2.06. The number of pyridine rings is 1. The van der Waals surface area contributed by atoms with E-state index in [1.54, 1.807) is 6.92 Å². The molecule has 4 nitrogen and oxygen atoms in total. The number of rotatable bonds is 3. The molecule has 0 saturated heterocycles. The van der Waals surface area contributed by atoms with E-state index in [-0.39, 0.29) is 9.36 Å². The molecule has 1 N–H and O–H groups in total. The topological polar surface area (TPSA) is 59.1 Å². The first-order chi connectivity index (χ1) is 8.79. The molecule has 0 saturated carbocycles. The molecule has 0 amide bonds. The van der Waals surface area contributed by atoms with Crippen molar-refractivity contribution < 1.29 is 8.42 Å². The highest BCUT2D eigenvalue weighted by Gasteiger charge is 2.19. The lowest BCUT2D eigenvalue weighted by Crippen LogP contribution is -2.11. The van der Waals surface area contributed by atoms with Crippen molar-refractivity contribution in [3.05, 3.63) is 37.9 Å². The Bertz CT molecular complexity index is 712. The van der Waals surface area contributed by atoms with Crippen molar-refractivity contribution in [1.82, 2.24) is 4.98 Å². The molecule has 0 aromatic carbocycles. The molecule has 0 unspecified atom stereocenters. The molecular formula is C10H7BrCl2N2O2S2. The van der Waals surface area contributed by atoms with Crippen LogP contribution in [0.3, 0.4) is 0 Å². The number of anilines is 1. The third kappa shape index (κ3) is 3.41. The fourth-order valence-corrected chi connectivity index (χ4v) is 4.44. The molecule has 2 aromatic rings. The monoisotopic (exact) mass is 400 g/mol. The van der Waals surface area contributed by atoms with Gasteiger partial charge in [-0.15, -0.1) is 11.3 Å². The number of hydrogen-bond donors (Lipinski definition) is 1. The van der Waals surface area contributed by atoms with Gasteiger partial charge in [-0.3, -0.25) is 4.72 Å². The Labute approximate surface area is 132 Å². The number of nitrogens with one attached hydrogen (secondary N) is 1. The van der Waals surface area contributed by atoms with Gasteiger partial charge in [0.1, 0.15) is 9.36 Å². The van der Waals surface area contributed by atoms with E-state index in [9.17, 15) is 8.42 Å². The van der Waals surface area contributed by atoms with E-state index in [0.29, 0.717) is 14.5 Å². The summed E-state index contributed by atoms with van der Waals surface area (Å²) in [7, 11) is -3.66. The largest absolute Gasteiger partial charge is 0.277 e. The van der Waals surface area contributed by atoms with Crippen LogP contribution in [0.25, 0.3) is 0 Å². The Hall–Kier alpha value is -0.340. The molecule has 0 aliphatic carbocycles. The molecule has 0 bridgehead atoms. The van der Waals surface area contributed by atoms with Crippen LogP contribution in [0, 0.1) is 6.92 Å². The molecule has 0 fully saturated rings. The van der Waals surface area contributed by atoms with Crippen LogP contribution in [0.5, 0.6) is 0 Å². The third-order valence-corrected chi connectivity index (χ3v) is 6.69. The quantitative estimate of drug-likeness (QED) is 0.779. The summed E-state index contributed by atoms with van der Waals surface area (Å²) in [5, 5.41) is 0.262. The number of aryl methyl sites for hydroxylation is 1. The predicted molar refractivity (Wildman–Crippen MR) is 81.8 cm³/mol. The Morgan fingerprint density at radius 1 is 1.37 bits per heavy atom. The first-order valence-corrected chi connectivity index (χ1v) is 8.74. The van der Waals surface area contributed by atoms with Crippen molar-refractivity contribution in [2.75, 3.05) is 4.72 Å². The van der Waals surface area contributed by atoms with Gasteiger partial charge in [0.05, 0.1) is 20.7 Å². The van der Waals surface area contributed by atoms with Gasteiger partial charge in [0.2, 0.25) is 0 Å². The fourth-order valence-electron chi connectivity index (χ4n) is 1.25. The zero-order chi connectivity index (χ0) is 14.2. The van der Waals surface area contributed by atoms with Crippen molar-refractivity contribution in [2.45, 2.75) is 11.1 Å². The SMILES string of the molecule is Cc1cc(S(=O)(=O)Nc2cnc(Cl)c(Br)c2)sc1Cl. The fraction of sp³-hybridized carbons (Fsp3) is 0.100. The van der Waals surface area contributed by atoms with E-state index in [4.69, 9.17) is 23.2 Å². The molecule has 102 valence electrons. The number of thiophene rings is 1. The van der Waals surface area contributed by atoms with Crippen LogP contribution >= 0.6 is 50.5 Å². The highest BCUT2D eigenvalue weighted by atomic mass is 79.9. The molecule has 0 spiro atoms. The van der Waals surface area contributed by atoms with Gasteiger partial charge in [0, 0.05) is 0 Å². The third-order valence-electron chi connectivity index (χ3n) is 2.15. The van der Waals surface area contributed by atoms with Gasteiger partial charge in [-0.25, -0.2) is 13.4 Å². The Kier molecular flexibility index (Phi) is 4.42. The molecule has 19 heavy (non-hydrogen) atoms. The molecular weight excluding hydrogens is 395 g/mol. The molecule has 0 atom stereocenters. The van der Waals surface area contributed by atoms with Gasteiger partial charge in [0.15, 0.2) is 0 Å². The van der Waals surface area contributed by atoms with Crippen LogP contribution in [0.1, 0.15) is 5.56 Å². The zero-order valence-electron chi connectivity index (χ0n) is 9.45. The maximum absolute atomic E-state index is 12.1. The van der Waals surface area contributed by atoms with Gasteiger partial charge < -0.3 is 0 Å². The second-order valence-corrected chi connectivity index (χ2v) is 8.40. The summed E-state index contributed by atoms with van der Waals surface area (Å²) in [6.07, 6.45) is 1.34. The summed E-state index contributed by atoms with van der Waals surface area (Å²) in [4.78, 5) is 3.85. The van der Waals surface area contributed by atoms with E-state index in [0.717, 1.165) is 16.9 Å². The molecule has 2 rings (SSSR count). The van der Waals surface area contributed by atoms with Gasteiger partial charge >= 0.3 is 0 Å². The maximum Gasteiger partial charge on any atom is 0.271 e. The van der Waals surface area contributed by atoms with Crippen molar-refractivity contribution in [3.63, 3.8) is 0 Å². The molecule has 0 radical (unpaired) electrons. The minimum absolute atomic E-state index is 0.154. The number of hydrogen-bond acceptors (Lipinski definition) is 4. The average Bonchev–Trinajstić information content (AvgIpc) is 2.65. The molecule has 2 heterocycles. The lowest BCUT2D eigenvalue weighted by molar-refractivity contribution is 0.603. The highest BCUT2D eigenvalue weighted by Crippen LogP contribution is 2.31. The van der Waals surface area contributed by atoms with Gasteiger partial charge in [-0.05, 0) is 40.5 Å². The van der Waals surface area contributed by atoms with E-state index in [2.05, 4.69) is 25.6 Å². The second kappa shape index (κ2) is 5.57. The maximum atomic E-state index is 12.1. The van der Waals surface area contributed by atoms with E-state index >= 15 is 0 Å². The second-order valence-electron chi connectivity index (χ2n) is 3.62. The first kappa shape index (κ1) is 15.1. The number of sulfonamides is 1. The zero-order valence-corrected chi connectivity index (χ0v) is 14.2. The Morgan fingerprint density at radius 2 is 2.05 bits per heavy atom. The van der Waals surface area contributed by atoms with Crippen LogP contribution in [-0.2, 0) is 10.0 Å². The van der Waals surface area contributed by atoms with E-state index in [1.165, 1.54) is 18.3 Å². The summed E-state index contributed by atoms with van der Waals surface area (Å²) in [5.41, 5.74) is 1.04. The smallest absolute Gasteiger partial charge is 0.271 e. The summed E-state index contributed by atoms with van der Waals surface area (Å²) in [5.74, 6) is 0. The summed E-state index contributed by atoms with van der Waals surface area (Å²) in [6, 6.07) is 3.06. The molecule has 0 aliphatic heterocycles. The Morgan fingerprint density at radius 3 is 2.58 bits per heavy atom. The summed E-state index contributed by atoms with van der Waals surface area (Å²) >= 11 is 15.8. The molecule has 2 aromatic heterocycles. The number of halogens is 3. The van der Waals surface area contributed by atoms with Crippen LogP contribution in [0.2, 0.25) is 9.49 Å². The van der Waals surface area contributed by atoms with Crippen LogP contribution in [0.4, 0.5) is 5.69 Å². The summed E-state index contributed by atoms with van der Waals surface area (Å²) < 4.78 is 27.8. The highest BCUT2D eigenvalue weighted by molar-refractivity contribution is 9.10. The molecule has 9 heteroatoms. The van der Waals surface area contributed by atoms with Crippen molar-refractivity contribution in [1.29, 1.82) is 0 Å². The normalized spacial score (nSPS) is 11.6. The van der Waals surface area contributed by atoms with Crippen molar-refractivity contribution in [3.8, 4) is 0 Å². The first-order valence-electron chi connectivity index (χ1n) is 4.89. The number of nitrogens with zero attached hydrogens (tertiary/aromatic N) is 1. The van der Waals surface area contributed by atoms with Gasteiger partial charge in [-0.1, -0.05) is 23.2 Å². The predicted octanol–water partition coefficient (Wildman–Crippen LogP) is 4.32. The molecule has 0 aliphatic rings. The Balaban J connectivity index is 2.33. The minimum Gasteiger partial charge on any atom is -0.277 e. The summed E-state index contributed by atoms with van der Waals surface area (Å²) in [6.45, 7) is 1.75.